The van der Waals surface area contributed by atoms with Gasteiger partial charge in [0, 0.05) is 4.47 Å². The fourth-order valence-electron chi connectivity index (χ4n) is 1.14. The van der Waals surface area contributed by atoms with E-state index in [1.165, 1.54) is 6.07 Å². The normalized spacial score (nSPS) is 14.0. The molecule has 5 heteroatoms. The molecular weight excluding hydrogens is 268 g/mol. The molecule has 1 rings (SSSR count). The zero-order valence-corrected chi connectivity index (χ0v) is 9.76. The van der Waals surface area contributed by atoms with Crippen LogP contribution in [0.1, 0.15) is 17.2 Å². The number of aliphatic hydroxyl groups excluding tert-OH is 1. The van der Waals surface area contributed by atoms with E-state index in [-0.39, 0.29) is 0 Å². The van der Waals surface area contributed by atoms with Crippen LogP contribution in [-0.4, -0.2) is 17.6 Å². The summed E-state index contributed by atoms with van der Waals surface area (Å²) in [7, 11) is 0. The quantitative estimate of drug-likeness (QED) is 0.893. The molecule has 84 valence electrons. The van der Waals surface area contributed by atoms with Gasteiger partial charge < -0.3 is 10.8 Å². The SMILES string of the molecule is Cc1ccc(C(N)C(F)(F)CO)cc1Br. The van der Waals surface area contributed by atoms with E-state index >= 15 is 0 Å². The van der Waals surface area contributed by atoms with Crippen LogP contribution in [-0.2, 0) is 0 Å². The molecule has 15 heavy (non-hydrogen) atoms. The van der Waals surface area contributed by atoms with Crippen LogP contribution >= 0.6 is 15.9 Å². The lowest BCUT2D eigenvalue weighted by molar-refractivity contribution is -0.0711. The van der Waals surface area contributed by atoms with Gasteiger partial charge in [0.25, 0.3) is 5.92 Å². The van der Waals surface area contributed by atoms with Crippen LogP contribution in [0.4, 0.5) is 8.78 Å². The van der Waals surface area contributed by atoms with E-state index in [9.17, 15) is 8.78 Å². The highest BCUT2D eigenvalue weighted by Gasteiger charge is 2.37. The molecule has 0 saturated heterocycles. The molecule has 0 saturated carbocycles. The predicted octanol–water partition coefficient (Wildman–Crippen LogP) is 2.38. The molecule has 0 bridgehead atoms. The Labute approximate surface area is 95.2 Å². The molecule has 3 N–H and O–H groups in total. The number of hydrogen-bond donors (Lipinski definition) is 2. The van der Waals surface area contributed by atoms with Crippen molar-refractivity contribution in [2.75, 3.05) is 6.61 Å². The Morgan fingerprint density at radius 2 is 2.13 bits per heavy atom. The summed E-state index contributed by atoms with van der Waals surface area (Å²) in [6.45, 7) is 0.600. The summed E-state index contributed by atoms with van der Waals surface area (Å²) in [5, 5.41) is 8.51. The third-order valence-corrected chi connectivity index (χ3v) is 3.08. The molecule has 0 radical (unpaired) electrons. The van der Waals surface area contributed by atoms with Gasteiger partial charge >= 0.3 is 0 Å². The van der Waals surface area contributed by atoms with Crippen LogP contribution in [0.5, 0.6) is 0 Å². The average Bonchev–Trinajstić information content (AvgIpc) is 2.21. The van der Waals surface area contributed by atoms with Crippen LogP contribution in [0, 0.1) is 6.92 Å². The fourth-order valence-corrected chi connectivity index (χ4v) is 1.54. The molecule has 0 aliphatic rings. The summed E-state index contributed by atoms with van der Waals surface area (Å²) in [5.41, 5.74) is 6.61. The lowest BCUT2D eigenvalue weighted by Crippen LogP contribution is -2.36. The largest absolute Gasteiger partial charge is 0.390 e. The van der Waals surface area contributed by atoms with E-state index in [0.717, 1.165) is 10.0 Å². The monoisotopic (exact) mass is 279 g/mol. The van der Waals surface area contributed by atoms with E-state index in [1.54, 1.807) is 12.1 Å². The van der Waals surface area contributed by atoms with Gasteiger partial charge in [0.2, 0.25) is 0 Å². The van der Waals surface area contributed by atoms with E-state index in [4.69, 9.17) is 10.8 Å². The first kappa shape index (κ1) is 12.5. The summed E-state index contributed by atoms with van der Waals surface area (Å²) < 4.78 is 26.9. The van der Waals surface area contributed by atoms with Gasteiger partial charge in [0.1, 0.15) is 6.61 Å². The van der Waals surface area contributed by atoms with Gasteiger partial charge in [0.15, 0.2) is 0 Å². The van der Waals surface area contributed by atoms with E-state index < -0.39 is 18.6 Å². The molecule has 1 aromatic rings. The fraction of sp³-hybridized carbons (Fsp3) is 0.400. The minimum absolute atomic E-state index is 0.298. The first-order chi connectivity index (χ1) is 6.88. The van der Waals surface area contributed by atoms with Gasteiger partial charge in [-0.25, -0.2) is 8.78 Å². The number of benzene rings is 1. The number of alkyl halides is 2. The van der Waals surface area contributed by atoms with Crippen molar-refractivity contribution in [1.29, 1.82) is 0 Å². The smallest absolute Gasteiger partial charge is 0.289 e. The lowest BCUT2D eigenvalue weighted by atomic mass is 10.0. The zero-order chi connectivity index (χ0) is 11.6. The Bertz CT molecular complexity index is 357. The number of halogens is 3. The van der Waals surface area contributed by atoms with Crippen molar-refractivity contribution in [3.05, 3.63) is 33.8 Å². The Morgan fingerprint density at radius 1 is 1.53 bits per heavy atom. The van der Waals surface area contributed by atoms with Crippen LogP contribution in [0.15, 0.2) is 22.7 Å². The zero-order valence-electron chi connectivity index (χ0n) is 8.17. The Kier molecular flexibility index (Phi) is 3.81. The second-order valence-corrected chi connectivity index (χ2v) is 4.26. The molecule has 0 aliphatic heterocycles. The third kappa shape index (κ3) is 2.74. The van der Waals surface area contributed by atoms with Gasteiger partial charge in [-0.1, -0.05) is 28.1 Å². The topological polar surface area (TPSA) is 46.2 Å². The van der Waals surface area contributed by atoms with Gasteiger partial charge in [-0.05, 0) is 24.1 Å². The second kappa shape index (κ2) is 4.55. The standard InChI is InChI=1S/C10H12BrF2NO/c1-6-2-3-7(4-8(6)11)9(14)10(12,13)5-15/h2-4,9,15H,5,14H2,1H3. The molecule has 1 unspecified atom stereocenters. The molecule has 1 atom stereocenters. The van der Waals surface area contributed by atoms with Crippen molar-refractivity contribution < 1.29 is 13.9 Å². The molecule has 2 nitrogen and oxygen atoms in total. The van der Waals surface area contributed by atoms with Crippen molar-refractivity contribution in [2.45, 2.75) is 18.9 Å². The summed E-state index contributed by atoms with van der Waals surface area (Å²) in [5.74, 6) is -3.30. The van der Waals surface area contributed by atoms with Gasteiger partial charge in [-0.2, -0.15) is 0 Å². The van der Waals surface area contributed by atoms with Gasteiger partial charge in [-0.3, -0.25) is 0 Å². The first-order valence-corrected chi connectivity index (χ1v) is 5.18. The molecule has 0 amide bonds. The van der Waals surface area contributed by atoms with Crippen molar-refractivity contribution in [2.24, 2.45) is 5.73 Å². The van der Waals surface area contributed by atoms with Crippen molar-refractivity contribution in [3.8, 4) is 0 Å². The van der Waals surface area contributed by atoms with Gasteiger partial charge in [-0.15, -0.1) is 0 Å². The highest BCUT2D eigenvalue weighted by Crippen LogP contribution is 2.30. The highest BCUT2D eigenvalue weighted by molar-refractivity contribution is 9.10. The van der Waals surface area contributed by atoms with Crippen LogP contribution in [0.2, 0.25) is 0 Å². The molecule has 0 heterocycles. The number of rotatable bonds is 3. The van der Waals surface area contributed by atoms with E-state index in [0.29, 0.717) is 5.56 Å². The number of hydrogen-bond acceptors (Lipinski definition) is 2. The minimum atomic E-state index is -3.30. The molecule has 0 aromatic heterocycles. The van der Waals surface area contributed by atoms with E-state index in [2.05, 4.69) is 15.9 Å². The lowest BCUT2D eigenvalue weighted by Gasteiger charge is -2.22. The maximum Gasteiger partial charge on any atom is 0.289 e. The predicted molar refractivity (Wildman–Crippen MR) is 57.8 cm³/mol. The summed E-state index contributed by atoms with van der Waals surface area (Å²) >= 11 is 3.24. The maximum absolute atomic E-state index is 13.1. The summed E-state index contributed by atoms with van der Waals surface area (Å²) in [6, 6.07) is 3.30. The third-order valence-electron chi connectivity index (χ3n) is 2.22. The molecular formula is C10H12BrF2NO. The average molecular weight is 280 g/mol. The van der Waals surface area contributed by atoms with Crippen LogP contribution in [0.25, 0.3) is 0 Å². The van der Waals surface area contributed by atoms with E-state index in [1.807, 2.05) is 6.92 Å². The summed E-state index contributed by atoms with van der Waals surface area (Å²) in [6.07, 6.45) is 0. The maximum atomic E-state index is 13.1. The van der Waals surface area contributed by atoms with Gasteiger partial charge in [0.05, 0.1) is 6.04 Å². The van der Waals surface area contributed by atoms with Crippen molar-refractivity contribution >= 4 is 15.9 Å². The number of nitrogens with two attached hydrogens (primary N) is 1. The minimum Gasteiger partial charge on any atom is -0.390 e. The second-order valence-electron chi connectivity index (χ2n) is 3.41. The number of aryl methyl sites for hydroxylation is 1. The highest BCUT2D eigenvalue weighted by atomic mass is 79.9. The summed E-state index contributed by atoms with van der Waals surface area (Å²) in [4.78, 5) is 0. The molecule has 0 spiro atoms. The van der Waals surface area contributed by atoms with Crippen LogP contribution < -0.4 is 5.73 Å². The number of aliphatic hydroxyl groups is 1. The van der Waals surface area contributed by atoms with Crippen molar-refractivity contribution in [3.63, 3.8) is 0 Å². The molecule has 0 fully saturated rings. The van der Waals surface area contributed by atoms with Crippen LogP contribution in [0.3, 0.4) is 0 Å². The molecule has 0 aliphatic carbocycles. The first-order valence-electron chi connectivity index (χ1n) is 4.39. The molecule has 1 aromatic carbocycles. The Morgan fingerprint density at radius 3 is 2.60 bits per heavy atom. The Hall–Kier alpha value is -0.520. The van der Waals surface area contributed by atoms with Crippen molar-refractivity contribution in [1.82, 2.24) is 0 Å². The Balaban J connectivity index is 3.02.